The predicted molar refractivity (Wildman–Crippen MR) is 105 cm³/mol. The van der Waals surface area contributed by atoms with Gasteiger partial charge in [-0.2, -0.15) is 18.3 Å². The number of aliphatic hydroxyl groups excluding tert-OH is 1. The van der Waals surface area contributed by atoms with E-state index >= 15 is 0 Å². The lowest BCUT2D eigenvalue weighted by molar-refractivity contribution is -0.142. The Bertz CT molecular complexity index is 1250. The molecule has 0 spiro atoms. The van der Waals surface area contributed by atoms with Crippen molar-refractivity contribution >= 4 is 23.2 Å². The maximum atomic E-state index is 14.3. The first kappa shape index (κ1) is 21.4. The Hall–Kier alpha value is -2.88. The highest BCUT2D eigenvalue weighted by atomic mass is 35.5. The lowest BCUT2D eigenvalue weighted by atomic mass is 10.0. The van der Waals surface area contributed by atoms with Crippen molar-refractivity contribution in [2.24, 2.45) is 0 Å². The molecule has 1 N–H and O–H groups in total. The molecule has 4 rings (SSSR count). The van der Waals surface area contributed by atoms with E-state index in [1.54, 1.807) is 0 Å². The summed E-state index contributed by atoms with van der Waals surface area (Å²) in [4.78, 5) is 0. The normalized spacial score (nSPS) is 11.8. The number of rotatable bonds is 4. The van der Waals surface area contributed by atoms with Crippen molar-refractivity contribution in [1.29, 1.82) is 0 Å². The molecule has 4 aromatic rings. The Morgan fingerprint density at radius 3 is 2.48 bits per heavy atom. The van der Waals surface area contributed by atoms with Gasteiger partial charge in [-0.15, -0.1) is 0 Å². The van der Waals surface area contributed by atoms with E-state index < -0.39 is 35.6 Å². The lowest BCUT2D eigenvalue weighted by Crippen LogP contribution is -2.14. The Balaban J connectivity index is 1.95. The molecule has 0 aliphatic heterocycles. The highest BCUT2D eigenvalue weighted by Crippen LogP contribution is 2.42. The van der Waals surface area contributed by atoms with Gasteiger partial charge in [0.05, 0.1) is 40.2 Å². The maximum Gasteiger partial charge on any atom is 0.434 e. The fraction of sp³-hybridized carbons (Fsp3) is 0.100. The van der Waals surface area contributed by atoms with Crippen LogP contribution in [0.3, 0.4) is 0 Å². The second kappa shape index (κ2) is 7.99. The second-order valence-corrected chi connectivity index (χ2v) is 7.23. The average Bonchev–Trinajstić information content (AvgIpc) is 3.31. The average molecular weight is 472 g/mol. The molecule has 0 radical (unpaired) electrons. The van der Waals surface area contributed by atoms with Gasteiger partial charge in [0.2, 0.25) is 0 Å². The number of hydrogen-bond acceptors (Lipinski definition) is 4. The molecule has 11 heteroatoms. The van der Waals surface area contributed by atoms with Crippen molar-refractivity contribution in [2.75, 3.05) is 0 Å². The van der Waals surface area contributed by atoms with Crippen molar-refractivity contribution in [3.05, 3.63) is 75.8 Å². The van der Waals surface area contributed by atoms with E-state index in [1.807, 2.05) is 0 Å². The van der Waals surface area contributed by atoms with E-state index in [9.17, 15) is 22.7 Å². The summed E-state index contributed by atoms with van der Waals surface area (Å²) < 4.78 is 62.1. The number of alkyl halides is 3. The molecule has 31 heavy (non-hydrogen) atoms. The molecular formula is C20H11Cl2F4N3O2. The van der Waals surface area contributed by atoms with Crippen LogP contribution in [0.5, 0.6) is 0 Å². The summed E-state index contributed by atoms with van der Waals surface area (Å²) in [5, 5.41) is 17.6. The molecule has 2 aromatic heterocycles. The van der Waals surface area contributed by atoms with Crippen molar-refractivity contribution in [3.8, 4) is 28.3 Å². The van der Waals surface area contributed by atoms with Gasteiger partial charge in [-0.1, -0.05) is 40.5 Å². The third-order valence-corrected chi connectivity index (χ3v) is 5.03. The van der Waals surface area contributed by atoms with Crippen LogP contribution in [0.15, 0.2) is 53.2 Å². The number of hydrogen-bond donors (Lipinski definition) is 1. The smallest absolute Gasteiger partial charge is 0.391 e. The number of aliphatic hydroxyl groups is 1. The Labute approximate surface area is 182 Å². The Morgan fingerprint density at radius 2 is 1.84 bits per heavy atom. The van der Waals surface area contributed by atoms with Crippen LogP contribution in [0.4, 0.5) is 17.6 Å². The van der Waals surface area contributed by atoms with Crippen LogP contribution in [0.1, 0.15) is 11.3 Å². The Kier molecular flexibility index (Phi) is 5.50. The van der Waals surface area contributed by atoms with Crippen LogP contribution in [-0.2, 0) is 12.8 Å². The molecule has 2 aromatic carbocycles. The highest BCUT2D eigenvalue weighted by molar-refractivity contribution is 6.33. The molecule has 0 atom stereocenters. The highest BCUT2D eigenvalue weighted by Gasteiger charge is 2.41. The van der Waals surface area contributed by atoms with Gasteiger partial charge in [-0.3, -0.25) is 0 Å². The molecule has 0 aliphatic rings. The monoisotopic (exact) mass is 471 g/mol. The van der Waals surface area contributed by atoms with Crippen LogP contribution in [0, 0.1) is 5.82 Å². The van der Waals surface area contributed by atoms with E-state index in [4.69, 9.17) is 27.7 Å². The van der Waals surface area contributed by atoms with Gasteiger partial charge >= 0.3 is 6.18 Å². The zero-order valence-corrected chi connectivity index (χ0v) is 16.8. The number of halogens is 6. The first-order valence-corrected chi connectivity index (χ1v) is 9.43. The van der Waals surface area contributed by atoms with Gasteiger partial charge in [0.1, 0.15) is 11.5 Å². The summed E-state index contributed by atoms with van der Waals surface area (Å²) in [6, 6.07) is 9.54. The van der Waals surface area contributed by atoms with Crippen LogP contribution in [0.25, 0.3) is 28.3 Å². The van der Waals surface area contributed by atoms with E-state index in [1.165, 1.54) is 36.4 Å². The molecule has 0 fully saturated rings. The fourth-order valence-corrected chi connectivity index (χ4v) is 3.62. The van der Waals surface area contributed by atoms with Crippen LogP contribution in [0.2, 0.25) is 10.0 Å². The van der Waals surface area contributed by atoms with E-state index in [-0.39, 0.29) is 32.6 Å². The molecular weight excluding hydrogens is 461 g/mol. The molecule has 0 saturated heterocycles. The zero-order valence-electron chi connectivity index (χ0n) is 15.3. The van der Waals surface area contributed by atoms with Crippen molar-refractivity contribution in [1.82, 2.24) is 14.9 Å². The lowest BCUT2D eigenvalue weighted by Gasteiger charge is -2.12. The van der Waals surface area contributed by atoms with Crippen molar-refractivity contribution in [3.63, 3.8) is 0 Å². The fourth-order valence-electron chi connectivity index (χ4n) is 3.18. The molecule has 160 valence electrons. The van der Waals surface area contributed by atoms with Gasteiger partial charge in [-0.25, -0.2) is 9.07 Å². The summed E-state index contributed by atoms with van der Waals surface area (Å²) in [5.74, 6) is -1.18. The molecule has 5 nitrogen and oxygen atoms in total. The standard InChI is InChI=1S/C20H11Cl2F4N3O2/c21-10-3-1-4-11(7-10)29-19(20(24,25)26)12(8-27-29)18-13(9-30)17(28-31-18)16-14(22)5-2-6-15(16)23/h1-8,30H,9H2. The minimum atomic E-state index is -4.86. The minimum absolute atomic E-state index is 0.0415. The number of nitrogens with zero attached hydrogens (tertiary/aromatic N) is 3. The third-order valence-electron chi connectivity index (χ3n) is 4.48. The topological polar surface area (TPSA) is 64.1 Å². The maximum absolute atomic E-state index is 14.3. The summed E-state index contributed by atoms with van der Waals surface area (Å²) in [6.45, 7) is -0.779. The van der Waals surface area contributed by atoms with Gasteiger partial charge < -0.3 is 9.63 Å². The van der Waals surface area contributed by atoms with Gasteiger partial charge in [0.15, 0.2) is 11.5 Å². The molecule has 2 heterocycles. The molecule has 0 saturated carbocycles. The first-order valence-electron chi connectivity index (χ1n) is 8.67. The Morgan fingerprint density at radius 1 is 1.10 bits per heavy atom. The van der Waals surface area contributed by atoms with Crippen LogP contribution < -0.4 is 0 Å². The number of aromatic nitrogens is 3. The predicted octanol–water partition coefficient (Wildman–Crippen LogP) is 6.15. The van der Waals surface area contributed by atoms with Crippen molar-refractivity contribution < 1.29 is 27.2 Å². The largest absolute Gasteiger partial charge is 0.434 e. The SMILES string of the molecule is OCc1c(-c2c(F)cccc2Cl)noc1-c1cnn(-c2cccc(Cl)c2)c1C(F)(F)F. The van der Waals surface area contributed by atoms with Gasteiger partial charge in [-0.05, 0) is 30.3 Å². The minimum Gasteiger partial charge on any atom is -0.391 e. The summed E-state index contributed by atoms with van der Waals surface area (Å²) in [7, 11) is 0. The quantitative estimate of drug-likeness (QED) is 0.362. The van der Waals surface area contributed by atoms with Gasteiger partial charge in [0, 0.05) is 5.02 Å². The molecule has 0 unspecified atom stereocenters. The zero-order chi connectivity index (χ0) is 22.3. The summed E-state index contributed by atoms with van der Waals surface area (Å²) in [6.07, 6.45) is -3.93. The van der Waals surface area contributed by atoms with Crippen LogP contribution >= 0.6 is 23.2 Å². The number of benzene rings is 2. The van der Waals surface area contributed by atoms with Gasteiger partial charge in [0.25, 0.3) is 0 Å². The summed E-state index contributed by atoms with van der Waals surface area (Å²) in [5.41, 5.74) is -2.16. The van der Waals surface area contributed by atoms with E-state index in [2.05, 4.69) is 10.3 Å². The van der Waals surface area contributed by atoms with Crippen LogP contribution in [-0.4, -0.2) is 20.0 Å². The third kappa shape index (κ3) is 3.80. The van der Waals surface area contributed by atoms with E-state index in [0.29, 0.717) is 4.68 Å². The molecule has 0 aliphatic carbocycles. The molecule has 0 amide bonds. The second-order valence-electron chi connectivity index (χ2n) is 6.39. The molecule has 0 bridgehead atoms. The van der Waals surface area contributed by atoms with Crippen molar-refractivity contribution in [2.45, 2.75) is 12.8 Å². The first-order chi connectivity index (χ1) is 14.7. The van der Waals surface area contributed by atoms with E-state index in [0.717, 1.165) is 12.3 Å². The summed E-state index contributed by atoms with van der Waals surface area (Å²) >= 11 is 11.9.